The number of benzene rings is 2. The van der Waals surface area contributed by atoms with Crippen molar-refractivity contribution in [1.29, 1.82) is 0 Å². The molecule has 118 valence electrons. The lowest BCUT2D eigenvalue weighted by molar-refractivity contribution is 0.400. The largest absolute Gasteiger partial charge is 0.353 e. The lowest BCUT2D eigenvalue weighted by Crippen LogP contribution is -2.27. The average Bonchev–Trinajstić information content (AvgIpc) is 2.93. The molecule has 0 N–H and O–H groups in total. The summed E-state index contributed by atoms with van der Waals surface area (Å²) in [6.45, 7) is 1.60. The number of halogens is 3. The van der Waals surface area contributed by atoms with Gasteiger partial charge in [-0.2, -0.15) is 0 Å². The second-order valence-corrected chi connectivity index (χ2v) is 6.34. The molecule has 2 aliphatic rings. The van der Waals surface area contributed by atoms with E-state index >= 15 is 0 Å². The smallest absolute Gasteiger partial charge is 0.0951 e. The second kappa shape index (κ2) is 6.48. The number of allylic oxidation sites excluding steroid dienone is 1. The van der Waals surface area contributed by atoms with E-state index in [-0.39, 0.29) is 12.4 Å². The summed E-state index contributed by atoms with van der Waals surface area (Å²) >= 11 is 12.2. The molecule has 0 saturated carbocycles. The summed E-state index contributed by atoms with van der Waals surface area (Å²) in [5.41, 5.74) is 4.80. The molecule has 0 amide bonds. The van der Waals surface area contributed by atoms with Gasteiger partial charge < -0.3 is 9.80 Å². The zero-order chi connectivity index (χ0) is 15.1. The van der Waals surface area contributed by atoms with Crippen LogP contribution < -0.4 is 4.90 Å². The van der Waals surface area contributed by atoms with Crippen molar-refractivity contribution in [3.05, 3.63) is 81.6 Å². The molecule has 2 aromatic carbocycles. The molecule has 23 heavy (non-hydrogen) atoms. The van der Waals surface area contributed by atoms with E-state index in [0.29, 0.717) is 10.0 Å². The van der Waals surface area contributed by atoms with Crippen molar-refractivity contribution >= 4 is 47.4 Å². The van der Waals surface area contributed by atoms with Crippen LogP contribution in [0.4, 0.5) is 5.69 Å². The first-order valence-corrected chi connectivity index (χ1v) is 7.91. The molecule has 0 fully saturated rings. The predicted molar refractivity (Wildman–Crippen MR) is 100 cm³/mol. The van der Waals surface area contributed by atoms with Crippen LogP contribution in [0.25, 0.3) is 6.08 Å². The maximum atomic E-state index is 6.28. The monoisotopic (exact) mass is 364 g/mol. The maximum Gasteiger partial charge on any atom is 0.0951 e. The van der Waals surface area contributed by atoms with Crippen molar-refractivity contribution < 1.29 is 0 Å². The van der Waals surface area contributed by atoms with Crippen molar-refractivity contribution in [2.45, 2.75) is 6.54 Å². The van der Waals surface area contributed by atoms with E-state index in [0.717, 1.165) is 18.8 Å². The molecule has 0 spiro atoms. The zero-order valence-corrected chi connectivity index (χ0v) is 14.6. The Morgan fingerprint density at radius 1 is 1.00 bits per heavy atom. The van der Waals surface area contributed by atoms with Crippen LogP contribution >= 0.6 is 35.6 Å². The molecule has 2 aromatic rings. The van der Waals surface area contributed by atoms with Crippen LogP contribution in [0, 0.1) is 0 Å². The van der Waals surface area contributed by atoms with Gasteiger partial charge in [-0.25, -0.2) is 0 Å². The number of fused-ring (bicyclic) bond motifs is 3. The maximum absolute atomic E-state index is 6.28. The van der Waals surface area contributed by atoms with Crippen LogP contribution in [-0.4, -0.2) is 11.6 Å². The van der Waals surface area contributed by atoms with Gasteiger partial charge in [0.25, 0.3) is 0 Å². The summed E-state index contributed by atoms with van der Waals surface area (Å²) in [7, 11) is 0. The van der Waals surface area contributed by atoms with E-state index in [2.05, 4.69) is 52.4 Å². The molecule has 2 nitrogen and oxygen atoms in total. The Balaban J connectivity index is 0.00000156. The van der Waals surface area contributed by atoms with Gasteiger partial charge in [-0.3, -0.25) is 0 Å². The quantitative estimate of drug-likeness (QED) is 0.687. The molecule has 0 bridgehead atoms. The van der Waals surface area contributed by atoms with Crippen LogP contribution in [0.15, 0.2) is 60.4 Å². The highest BCUT2D eigenvalue weighted by Gasteiger charge is 2.24. The van der Waals surface area contributed by atoms with E-state index in [9.17, 15) is 0 Å². The fourth-order valence-corrected chi connectivity index (χ4v) is 3.39. The first kappa shape index (κ1) is 16.3. The summed E-state index contributed by atoms with van der Waals surface area (Å²) in [6, 6.07) is 14.1. The Morgan fingerprint density at radius 2 is 1.83 bits per heavy atom. The summed E-state index contributed by atoms with van der Waals surface area (Å²) < 4.78 is 0. The van der Waals surface area contributed by atoms with E-state index in [4.69, 9.17) is 23.2 Å². The normalized spacial score (nSPS) is 15.0. The molecule has 0 radical (unpaired) electrons. The average molecular weight is 366 g/mol. The van der Waals surface area contributed by atoms with Crippen LogP contribution in [0.3, 0.4) is 0 Å². The van der Waals surface area contributed by atoms with Crippen molar-refractivity contribution in [1.82, 2.24) is 4.90 Å². The Labute approximate surface area is 152 Å². The molecule has 0 aromatic heterocycles. The topological polar surface area (TPSA) is 6.48 Å². The van der Waals surface area contributed by atoms with Crippen LogP contribution in [0.5, 0.6) is 0 Å². The van der Waals surface area contributed by atoms with Gasteiger partial charge in [-0.05, 0) is 35.4 Å². The van der Waals surface area contributed by atoms with Crippen molar-refractivity contribution in [2.75, 3.05) is 11.6 Å². The second-order valence-electron chi connectivity index (χ2n) is 5.50. The standard InChI is InChI=1S/C18H14Cl2N2.ClH/c19-15-7-5-14(17(20)9-15)10-21-11-16-8-6-13-3-1-2-4-18(13)22(16)12-21;/h1-9,11H,10,12H2;1H. The number of para-hydroxylation sites is 1. The summed E-state index contributed by atoms with van der Waals surface area (Å²) in [5, 5.41) is 1.38. The third-order valence-corrected chi connectivity index (χ3v) is 4.59. The van der Waals surface area contributed by atoms with Crippen LogP contribution in [0.2, 0.25) is 10.0 Å². The molecule has 0 atom stereocenters. The number of hydrogen-bond donors (Lipinski definition) is 0. The third-order valence-electron chi connectivity index (χ3n) is 4.00. The molecule has 2 heterocycles. The van der Waals surface area contributed by atoms with Gasteiger partial charge in [0.2, 0.25) is 0 Å². The fourth-order valence-electron chi connectivity index (χ4n) is 2.92. The predicted octanol–water partition coefficient (Wildman–Crippen LogP) is 5.56. The Hall–Kier alpha value is -1.61. The molecule has 4 rings (SSSR count). The summed E-state index contributed by atoms with van der Waals surface area (Å²) in [6.07, 6.45) is 6.50. The molecular weight excluding hydrogens is 351 g/mol. The summed E-state index contributed by atoms with van der Waals surface area (Å²) in [5.74, 6) is 0. The van der Waals surface area contributed by atoms with E-state index in [1.807, 2.05) is 12.1 Å². The van der Waals surface area contributed by atoms with Gasteiger partial charge in [0, 0.05) is 22.8 Å². The molecular formula is C18H15Cl3N2. The van der Waals surface area contributed by atoms with E-state index in [1.54, 1.807) is 6.07 Å². The summed E-state index contributed by atoms with van der Waals surface area (Å²) in [4.78, 5) is 4.58. The number of nitrogens with zero attached hydrogens (tertiary/aromatic N) is 2. The Morgan fingerprint density at radius 3 is 2.65 bits per heavy atom. The minimum Gasteiger partial charge on any atom is -0.353 e. The minimum atomic E-state index is 0. The minimum absolute atomic E-state index is 0. The number of rotatable bonds is 2. The zero-order valence-electron chi connectivity index (χ0n) is 12.2. The van der Waals surface area contributed by atoms with Crippen molar-refractivity contribution in [3.63, 3.8) is 0 Å². The van der Waals surface area contributed by atoms with Gasteiger partial charge in [0.05, 0.1) is 18.1 Å². The molecule has 5 heteroatoms. The molecule has 0 saturated heterocycles. The first-order valence-electron chi connectivity index (χ1n) is 7.15. The van der Waals surface area contributed by atoms with Crippen molar-refractivity contribution in [3.8, 4) is 0 Å². The van der Waals surface area contributed by atoms with Gasteiger partial charge in [0.15, 0.2) is 0 Å². The highest BCUT2D eigenvalue weighted by Crippen LogP contribution is 2.34. The number of anilines is 1. The highest BCUT2D eigenvalue weighted by atomic mass is 35.5. The number of hydrogen-bond acceptors (Lipinski definition) is 2. The van der Waals surface area contributed by atoms with Gasteiger partial charge >= 0.3 is 0 Å². The first-order chi connectivity index (χ1) is 10.7. The SMILES string of the molecule is Cl.Clc1ccc(CN2C=C3C=Cc4ccccc4N3C2)c(Cl)c1. The van der Waals surface area contributed by atoms with Gasteiger partial charge in [-0.15, -0.1) is 12.4 Å². The molecule has 0 unspecified atom stereocenters. The molecule has 2 aliphatic heterocycles. The lowest BCUT2D eigenvalue weighted by atomic mass is 10.1. The highest BCUT2D eigenvalue weighted by molar-refractivity contribution is 6.35. The van der Waals surface area contributed by atoms with Gasteiger partial charge in [0.1, 0.15) is 0 Å². The fraction of sp³-hybridized carbons (Fsp3) is 0.111. The van der Waals surface area contributed by atoms with Crippen molar-refractivity contribution in [2.24, 2.45) is 0 Å². The van der Waals surface area contributed by atoms with E-state index in [1.165, 1.54) is 16.9 Å². The van der Waals surface area contributed by atoms with Gasteiger partial charge in [-0.1, -0.05) is 53.5 Å². The molecule has 0 aliphatic carbocycles. The van der Waals surface area contributed by atoms with E-state index < -0.39 is 0 Å². The Bertz CT molecular complexity index is 799. The lowest BCUT2D eigenvalue weighted by Gasteiger charge is -2.27. The Kier molecular flexibility index (Phi) is 4.58. The van der Waals surface area contributed by atoms with Crippen LogP contribution in [-0.2, 0) is 6.54 Å². The third kappa shape index (κ3) is 3.07. The van der Waals surface area contributed by atoms with Crippen LogP contribution in [0.1, 0.15) is 11.1 Å².